The summed E-state index contributed by atoms with van der Waals surface area (Å²) in [6.45, 7) is 0.607. The third kappa shape index (κ3) is 4.98. The zero-order valence-corrected chi connectivity index (χ0v) is 14.6. The number of sulfonamides is 1. The average Bonchev–Trinajstić information content (AvgIpc) is 2.67. The summed E-state index contributed by atoms with van der Waals surface area (Å²) >= 11 is 0. The van der Waals surface area contributed by atoms with Gasteiger partial charge in [-0.05, 0) is 24.3 Å². The minimum Gasteiger partial charge on any atom is -0.369 e. The predicted octanol–water partition coefficient (Wildman–Crippen LogP) is 2.01. The Morgan fingerprint density at radius 2 is 1.58 bits per heavy atom. The fourth-order valence-corrected chi connectivity index (χ4v) is 3.20. The molecule has 0 saturated heterocycles. The van der Waals surface area contributed by atoms with Crippen LogP contribution in [-0.2, 0) is 10.0 Å². The van der Waals surface area contributed by atoms with Crippen LogP contribution in [0.4, 0.5) is 17.5 Å². The van der Waals surface area contributed by atoms with Gasteiger partial charge in [0.2, 0.25) is 10.0 Å². The highest BCUT2D eigenvalue weighted by Crippen LogP contribution is 2.13. The summed E-state index contributed by atoms with van der Waals surface area (Å²) < 4.78 is 26.8. The molecule has 26 heavy (non-hydrogen) atoms. The SMILES string of the molecule is O=S(=O)(NCCNc1cc(Nc2ccccn2)ncn1)c1ccccc1. The summed E-state index contributed by atoms with van der Waals surface area (Å²) in [4.78, 5) is 12.6. The van der Waals surface area contributed by atoms with E-state index in [-0.39, 0.29) is 11.4 Å². The maximum absolute atomic E-state index is 12.1. The Hall–Kier alpha value is -3.04. The molecular formula is C17H18N6O2S. The molecule has 0 aliphatic rings. The quantitative estimate of drug-likeness (QED) is 0.520. The minimum atomic E-state index is -3.51. The molecule has 2 aromatic heterocycles. The number of benzene rings is 1. The van der Waals surface area contributed by atoms with Gasteiger partial charge in [-0.1, -0.05) is 24.3 Å². The van der Waals surface area contributed by atoms with Crippen molar-refractivity contribution in [2.24, 2.45) is 0 Å². The number of hydrogen-bond acceptors (Lipinski definition) is 7. The van der Waals surface area contributed by atoms with Crippen molar-refractivity contribution in [3.05, 3.63) is 67.1 Å². The molecule has 0 bridgehead atoms. The van der Waals surface area contributed by atoms with Gasteiger partial charge in [0, 0.05) is 25.4 Å². The Balaban J connectivity index is 1.52. The molecule has 3 rings (SSSR count). The molecule has 0 atom stereocenters. The van der Waals surface area contributed by atoms with Crippen LogP contribution in [0, 0.1) is 0 Å². The van der Waals surface area contributed by atoms with Crippen molar-refractivity contribution < 1.29 is 8.42 Å². The lowest BCUT2D eigenvalue weighted by Crippen LogP contribution is -2.29. The molecule has 2 heterocycles. The van der Waals surface area contributed by atoms with E-state index in [2.05, 4.69) is 30.3 Å². The van der Waals surface area contributed by atoms with Gasteiger partial charge in [-0.15, -0.1) is 0 Å². The normalized spacial score (nSPS) is 11.1. The predicted molar refractivity (Wildman–Crippen MR) is 99.7 cm³/mol. The van der Waals surface area contributed by atoms with Crippen molar-refractivity contribution >= 4 is 27.5 Å². The second-order valence-corrected chi connectivity index (χ2v) is 7.03. The summed E-state index contributed by atoms with van der Waals surface area (Å²) in [7, 11) is -3.51. The van der Waals surface area contributed by atoms with Gasteiger partial charge in [0.15, 0.2) is 0 Å². The van der Waals surface area contributed by atoms with E-state index in [1.54, 1.807) is 42.6 Å². The smallest absolute Gasteiger partial charge is 0.240 e. The van der Waals surface area contributed by atoms with E-state index in [4.69, 9.17) is 0 Å². The maximum Gasteiger partial charge on any atom is 0.240 e. The maximum atomic E-state index is 12.1. The van der Waals surface area contributed by atoms with Crippen LogP contribution in [0.1, 0.15) is 0 Å². The van der Waals surface area contributed by atoms with Crippen LogP contribution in [0.15, 0.2) is 72.0 Å². The highest BCUT2D eigenvalue weighted by Gasteiger charge is 2.11. The van der Waals surface area contributed by atoms with Crippen molar-refractivity contribution in [3.63, 3.8) is 0 Å². The van der Waals surface area contributed by atoms with E-state index in [0.29, 0.717) is 24.0 Å². The Labute approximate surface area is 151 Å². The Morgan fingerprint density at radius 1 is 0.808 bits per heavy atom. The molecule has 0 fully saturated rings. The fraction of sp³-hybridized carbons (Fsp3) is 0.118. The Kier molecular flexibility index (Phi) is 5.72. The summed E-state index contributed by atoms with van der Waals surface area (Å²) in [5, 5.41) is 6.12. The van der Waals surface area contributed by atoms with Crippen LogP contribution in [0.25, 0.3) is 0 Å². The molecular weight excluding hydrogens is 352 g/mol. The van der Waals surface area contributed by atoms with Crippen LogP contribution in [0.5, 0.6) is 0 Å². The van der Waals surface area contributed by atoms with Crippen molar-refractivity contribution in [1.82, 2.24) is 19.7 Å². The summed E-state index contributed by atoms with van der Waals surface area (Å²) in [6.07, 6.45) is 3.10. The molecule has 0 unspecified atom stereocenters. The van der Waals surface area contributed by atoms with Crippen LogP contribution in [-0.4, -0.2) is 36.5 Å². The van der Waals surface area contributed by atoms with Crippen LogP contribution >= 0.6 is 0 Å². The van der Waals surface area contributed by atoms with Crippen LogP contribution in [0.2, 0.25) is 0 Å². The first-order valence-corrected chi connectivity index (χ1v) is 9.40. The number of hydrogen-bond donors (Lipinski definition) is 3. The fourth-order valence-electron chi connectivity index (χ4n) is 2.15. The molecule has 3 aromatic rings. The number of nitrogens with zero attached hydrogens (tertiary/aromatic N) is 3. The molecule has 0 saturated carbocycles. The second-order valence-electron chi connectivity index (χ2n) is 5.27. The molecule has 9 heteroatoms. The van der Waals surface area contributed by atoms with E-state index in [9.17, 15) is 8.42 Å². The lowest BCUT2D eigenvalue weighted by molar-refractivity contribution is 0.583. The molecule has 0 aliphatic heterocycles. The number of rotatable bonds is 8. The lowest BCUT2D eigenvalue weighted by atomic mass is 10.4. The van der Waals surface area contributed by atoms with E-state index < -0.39 is 10.0 Å². The number of nitrogens with one attached hydrogen (secondary N) is 3. The van der Waals surface area contributed by atoms with Gasteiger partial charge in [0.1, 0.15) is 23.8 Å². The Morgan fingerprint density at radius 3 is 2.35 bits per heavy atom. The lowest BCUT2D eigenvalue weighted by Gasteiger charge is -2.09. The van der Waals surface area contributed by atoms with Gasteiger partial charge in [0.25, 0.3) is 0 Å². The molecule has 134 valence electrons. The van der Waals surface area contributed by atoms with Crippen LogP contribution < -0.4 is 15.4 Å². The molecule has 0 radical (unpaired) electrons. The number of pyridine rings is 1. The molecule has 8 nitrogen and oxygen atoms in total. The van der Waals surface area contributed by atoms with Crippen molar-refractivity contribution in [2.75, 3.05) is 23.7 Å². The summed E-state index contributed by atoms with van der Waals surface area (Å²) in [6, 6.07) is 15.5. The highest BCUT2D eigenvalue weighted by atomic mass is 32.2. The van der Waals surface area contributed by atoms with Crippen molar-refractivity contribution in [2.45, 2.75) is 4.90 Å². The first-order chi connectivity index (χ1) is 12.6. The first kappa shape index (κ1) is 17.8. The van der Waals surface area contributed by atoms with E-state index in [1.807, 2.05) is 18.2 Å². The standard InChI is InChI=1S/C17H18N6O2S/c24-26(25,14-6-2-1-3-7-14)22-11-10-19-16-12-17(21-13-20-16)23-15-8-4-5-9-18-15/h1-9,12-13,22H,10-11H2,(H2,18,19,20,21,23). The largest absolute Gasteiger partial charge is 0.369 e. The first-order valence-electron chi connectivity index (χ1n) is 7.92. The summed E-state index contributed by atoms with van der Waals surface area (Å²) in [5.41, 5.74) is 0. The van der Waals surface area contributed by atoms with Gasteiger partial charge >= 0.3 is 0 Å². The van der Waals surface area contributed by atoms with Gasteiger partial charge in [0.05, 0.1) is 4.90 Å². The zero-order valence-electron chi connectivity index (χ0n) is 13.8. The van der Waals surface area contributed by atoms with Crippen molar-refractivity contribution in [1.29, 1.82) is 0 Å². The minimum absolute atomic E-state index is 0.226. The third-order valence-electron chi connectivity index (χ3n) is 3.36. The number of anilines is 3. The van der Waals surface area contributed by atoms with Gasteiger partial charge in [-0.3, -0.25) is 0 Å². The van der Waals surface area contributed by atoms with E-state index >= 15 is 0 Å². The van der Waals surface area contributed by atoms with Crippen molar-refractivity contribution in [3.8, 4) is 0 Å². The van der Waals surface area contributed by atoms with E-state index in [1.165, 1.54) is 6.33 Å². The summed E-state index contributed by atoms with van der Waals surface area (Å²) in [5.74, 6) is 1.84. The van der Waals surface area contributed by atoms with Gasteiger partial charge in [-0.2, -0.15) is 0 Å². The second kappa shape index (κ2) is 8.37. The topological polar surface area (TPSA) is 109 Å². The zero-order chi connectivity index (χ0) is 18.2. The molecule has 0 aliphatic carbocycles. The molecule has 3 N–H and O–H groups in total. The molecule has 0 amide bonds. The molecule has 0 spiro atoms. The highest BCUT2D eigenvalue weighted by molar-refractivity contribution is 7.89. The van der Waals surface area contributed by atoms with Crippen LogP contribution in [0.3, 0.4) is 0 Å². The van der Waals surface area contributed by atoms with Gasteiger partial charge in [-0.25, -0.2) is 28.1 Å². The molecule has 1 aromatic carbocycles. The number of aromatic nitrogens is 3. The third-order valence-corrected chi connectivity index (χ3v) is 4.84. The van der Waals surface area contributed by atoms with E-state index in [0.717, 1.165) is 0 Å². The monoisotopic (exact) mass is 370 g/mol. The average molecular weight is 370 g/mol. The Bertz CT molecular complexity index is 936. The van der Waals surface area contributed by atoms with Gasteiger partial charge < -0.3 is 10.6 Å².